The van der Waals surface area contributed by atoms with Crippen LogP contribution in [0.25, 0.3) is 0 Å². The summed E-state index contributed by atoms with van der Waals surface area (Å²) < 4.78 is 187. The number of rotatable bonds is 15. The molecule has 27 nitrogen and oxygen atoms in total. The van der Waals surface area contributed by atoms with Crippen LogP contribution in [0.15, 0.2) is 46.9 Å². The van der Waals surface area contributed by atoms with Crippen molar-refractivity contribution in [3.8, 4) is 0 Å². The van der Waals surface area contributed by atoms with Crippen molar-refractivity contribution in [2.45, 2.75) is 102 Å². The molecule has 0 fully saturated rings. The molecular weight excluding hydrogens is 1510 g/mol. The number of nitrogens with zero attached hydrogens (tertiary/aromatic N) is 12. The van der Waals surface area contributed by atoms with Crippen LogP contribution in [0.3, 0.4) is 0 Å². The largest absolute Gasteiger partial charge is 0.422 e. The fourth-order valence-electron chi connectivity index (χ4n) is 11.9. The highest BCUT2D eigenvalue weighted by Gasteiger charge is 2.42. The Kier molecular flexibility index (Phi) is 24.7. The summed E-state index contributed by atoms with van der Waals surface area (Å²) in [5.41, 5.74) is 1.12. The third-order valence-corrected chi connectivity index (χ3v) is 17.6. The van der Waals surface area contributed by atoms with Gasteiger partial charge in [0.15, 0.2) is 5.82 Å². The smallest absolute Gasteiger partial charge is 0.320 e. The lowest BCUT2D eigenvalue weighted by Gasteiger charge is -2.27. The molecule has 3 atom stereocenters. The van der Waals surface area contributed by atoms with Crippen LogP contribution in [-0.2, 0) is 79.2 Å². The van der Waals surface area contributed by atoms with Crippen molar-refractivity contribution in [2.24, 2.45) is 0 Å². The molecule has 6 aliphatic heterocycles. The van der Waals surface area contributed by atoms with Gasteiger partial charge in [0.25, 0.3) is 37.0 Å². The molecule has 0 aliphatic carbocycles. The van der Waals surface area contributed by atoms with E-state index in [-0.39, 0.29) is 111 Å². The van der Waals surface area contributed by atoms with E-state index in [0.29, 0.717) is 82.7 Å². The van der Waals surface area contributed by atoms with Gasteiger partial charge in [-0.05, 0) is 52.3 Å². The number of nitrogens with one attached hydrogen (secondary N) is 6. The number of hydroxylamine groups is 6. The van der Waals surface area contributed by atoms with Crippen molar-refractivity contribution in [2.75, 3.05) is 96.0 Å². The molecule has 12 rings (SSSR count). The molecule has 6 aromatic rings. The summed E-state index contributed by atoms with van der Waals surface area (Å²) in [7, 11) is 4.20. The number of anilines is 3. The van der Waals surface area contributed by atoms with Crippen molar-refractivity contribution in [1.29, 1.82) is 0 Å². The maximum absolute atomic E-state index is 14.4. The van der Waals surface area contributed by atoms with E-state index in [4.69, 9.17) is 26.1 Å². The summed E-state index contributed by atoms with van der Waals surface area (Å²) >= 11 is 8.77. The van der Waals surface area contributed by atoms with Crippen LogP contribution >= 0.6 is 27.5 Å². The van der Waals surface area contributed by atoms with Crippen molar-refractivity contribution in [3.63, 3.8) is 0 Å². The van der Waals surface area contributed by atoms with Crippen LogP contribution in [0.2, 0.25) is 5.02 Å². The van der Waals surface area contributed by atoms with Crippen LogP contribution in [0.1, 0.15) is 70.8 Å². The Morgan fingerprint density at radius 2 is 0.904 bits per heavy atom. The summed E-state index contributed by atoms with van der Waals surface area (Å²) in [5, 5.41) is 31.0. The van der Waals surface area contributed by atoms with Gasteiger partial charge in [0.2, 0.25) is 0 Å². The molecule has 0 radical (unpaired) electrons. The minimum atomic E-state index is -5.31. The van der Waals surface area contributed by atoms with Gasteiger partial charge in [0.1, 0.15) is 64.2 Å². The standard InChI is InChI=1S/C21H21F7N6O3.C20H22BrF3N6O3.C20H21ClF4N6O3/c1-32-19(35)18-11-9-33(20(36)30-14-3-2-12(22)16(17(14)25)21(26,27)28)5-4-13(11)31-34(18)8-10(37-32)6-29-7-15(23)24;1-28-19(31)18-13-10-29(20(32)26-11-2-3-15(22)14(21)6-11)5-4-16(13)27-30(18)9-12(33-28)7-25-8-17(23)24;1-29-19(32)18-11-9-30(20(33)27-16-4-12(21)13(22)5-14(16)23)3-2-15(11)28-31(18)8-10(34-29)6-26-7-17(24)25/h2-3,10,15,29H,4-9H2,1H3,(H,30,36);2-3,6,12,17,25H,4-5,7-10H2,1H3,(H,26,32);4-5,10,17,26H,2-3,6-9H2,1H3,(H,27,33)/t10-;12-;10-/m111/s1. The number of fused-ring (bicyclic) bond motifs is 9. The lowest BCUT2D eigenvalue weighted by atomic mass is 10.0. The summed E-state index contributed by atoms with van der Waals surface area (Å²) in [6.45, 7) is -0.307. The Balaban J connectivity index is 0.000000168. The van der Waals surface area contributed by atoms with E-state index < -0.39 is 134 Å². The number of carbonyl (C=O) groups is 6. The number of carbonyl (C=O) groups excluding carboxylic acids is 6. The van der Waals surface area contributed by atoms with Gasteiger partial charge in [0, 0.05) is 108 Å². The van der Waals surface area contributed by atoms with E-state index in [2.05, 4.69) is 57.8 Å². The fraction of sp³-hybridized carbons (Fsp3) is 0.459. The Hall–Kier alpha value is -8.94. The van der Waals surface area contributed by atoms with Crippen LogP contribution in [0, 0.1) is 29.1 Å². The number of halogens is 16. The van der Waals surface area contributed by atoms with Crippen LogP contribution in [0.4, 0.5) is 92.9 Å². The first-order chi connectivity index (χ1) is 49.2. The van der Waals surface area contributed by atoms with E-state index in [1.165, 1.54) is 58.3 Å². The predicted octanol–water partition coefficient (Wildman–Crippen LogP) is 8.27. The number of aromatic nitrogens is 6. The highest BCUT2D eigenvalue weighted by Crippen LogP contribution is 2.37. The number of alkyl halides is 9. The molecule has 0 spiro atoms. The van der Waals surface area contributed by atoms with Crippen molar-refractivity contribution >= 4 is 80.4 Å². The summed E-state index contributed by atoms with van der Waals surface area (Å²) in [6, 6.07) is 4.77. The predicted molar refractivity (Wildman–Crippen MR) is 340 cm³/mol. The first-order valence-electron chi connectivity index (χ1n) is 31.6. The Morgan fingerprint density at radius 1 is 0.529 bits per heavy atom. The Morgan fingerprint density at radius 3 is 1.28 bits per heavy atom. The normalized spacial score (nSPS) is 18.1. The van der Waals surface area contributed by atoms with Gasteiger partial charge in [-0.3, -0.25) is 42.9 Å². The van der Waals surface area contributed by atoms with Crippen molar-refractivity contribution < 1.29 is 105 Å². The third kappa shape index (κ3) is 18.2. The summed E-state index contributed by atoms with van der Waals surface area (Å²) in [4.78, 5) is 97.9. The average molecular weight is 1570 g/mol. The van der Waals surface area contributed by atoms with Gasteiger partial charge in [-0.15, -0.1) is 0 Å². The number of amides is 9. The fourth-order valence-corrected chi connectivity index (χ4v) is 12.5. The van der Waals surface area contributed by atoms with Gasteiger partial charge in [-0.2, -0.15) is 28.5 Å². The van der Waals surface area contributed by atoms with Gasteiger partial charge >= 0.3 is 24.3 Å². The molecule has 6 aliphatic rings. The minimum absolute atomic E-state index is 0.00358. The molecular formula is C61H64BrClF14N18O9. The Labute approximate surface area is 593 Å². The summed E-state index contributed by atoms with van der Waals surface area (Å²) in [5.74, 6) is -7.67. The first kappa shape index (κ1) is 77.7. The second kappa shape index (κ2) is 33.0. The van der Waals surface area contributed by atoms with E-state index in [1.807, 2.05) is 5.32 Å². The van der Waals surface area contributed by atoms with Gasteiger partial charge in [-0.1, -0.05) is 11.6 Å². The van der Waals surface area contributed by atoms with E-state index in [0.717, 1.165) is 26.2 Å². The maximum atomic E-state index is 14.4. The van der Waals surface area contributed by atoms with E-state index >= 15 is 0 Å². The average Bonchev–Trinajstić information content (AvgIpc) is 1.55. The molecule has 0 unspecified atom stereocenters. The molecule has 0 saturated heterocycles. The molecule has 9 amide bonds. The first-order valence-corrected chi connectivity index (χ1v) is 32.8. The molecule has 3 aromatic carbocycles. The zero-order valence-electron chi connectivity index (χ0n) is 54.8. The quantitative estimate of drug-likeness (QED) is 0.0417. The SMILES string of the molecule is CN1O[C@H](CNCC(F)F)Cn2nc3c(c2C1=O)CN(C(=O)Nc1cc(Cl)c(F)cc1F)CC3.CN1O[C@H](CNCC(F)F)Cn2nc3c(c2C1=O)CN(C(=O)Nc1ccc(F)c(Br)c1)CC3.CN1O[C@H](CNCC(F)F)Cn2nc3c(c2C1=O)CN(C(=O)Nc1ccc(F)c(C(F)(F)F)c1F)CC3. The molecule has 3 aromatic heterocycles. The number of hydrogen-bond donors (Lipinski definition) is 6. The molecule has 6 N–H and O–H groups in total. The number of hydrogen-bond acceptors (Lipinski definition) is 15. The van der Waals surface area contributed by atoms with E-state index in [1.54, 1.807) is 4.90 Å². The van der Waals surface area contributed by atoms with Crippen LogP contribution in [-0.4, -0.2) is 213 Å². The molecule has 564 valence electrons. The van der Waals surface area contributed by atoms with Gasteiger partial charge < -0.3 is 46.6 Å². The highest BCUT2D eigenvalue weighted by atomic mass is 79.9. The third-order valence-electron chi connectivity index (χ3n) is 16.7. The number of urea groups is 3. The second-order valence-electron chi connectivity index (χ2n) is 24.1. The minimum Gasteiger partial charge on any atom is -0.320 e. The lowest BCUT2D eigenvalue weighted by molar-refractivity contribution is -0.146. The van der Waals surface area contributed by atoms with Gasteiger partial charge in [-0.25, -0.2) is 77.9 Å². The monoisotopic (exact) mass is 1570 g/mol. The molecule has 0 bridgehead atoms. The highest BCUT2D eigenvalue weighted by molar-refractivity contribution is 9.10. The van der Waals surface area contributed by atoms with Crippen LogP contribution in [0.5, 0.6) is 0 Å². The zero-order valence-corrected chi connectivity index (χ0v) is 57.2. The van der Waals surface area contributed by atoms with Crippen molar-refractivity contribution in [3.05, 3.63) is 137 Å². The zero-order chi connectivity index (χ0) is 75.3. The molecule has 104 heavy (non-hydrogen) atoms. The second-order valence-corrected chi connectivity index (χ2v) is 25.3. The molecule has 43 heteroatoms. The van der Waals surface area contributed by atoms with Crippen molar-refractivity contribution in [1.82, 2.24) is 75.2 Å². The molecule has 9 heterocycles. The van der Waals surface area contributed by atoms with E-state index in [9.17, 15) is 90.2 Å². The van der Waals surface area contributed by atoms with Crippen LogP contribution < -0.4 is 31.9 Å². The molecule has 0 saturated carbocycles. The lowest BCUT2D eigenvalue weighted by Crippen LogP contribution is -2.40. The maximum Gasteiger partial charge on any atom is 0.422 e. The van der Waals surface area contributed by atoms with Gasteiger partial charge in [0.05, 0.1) is 96.9 Å². The number of benzene rings is 3. The topological polar surface area (TPSA) is 275 Å². The Bertz CT molecular complexity index is 4210. The summed E-state index contributed by atoms with van der Waals surface area (Å²) in [6.07, 6.45) is -13.8.